The van der Waals surface area contributed by atoms with Crippen molar-refractivity contribution in [1.82, 2.24) is 4.90 Å². The minimum Gasteiger partial charge on any atom is -0.491 e. The zero-order valence-corrected chi connectivity index (χ0v) is 9.65. The maximum atomic E-state index is 13.1. The van der Waals surface area contributed by atoms with Crippen LogP contribution in [-0.4, -0.2) is 30.0 Å². The van der Waals surface area contributed by atoms with Crippen molar-refractivity contribution in [2.45, 2.75) is 19.5 Å². The van der Waals surface area contributed by atoms with Gasteiger partial charge in [0, 0.05) is 12.1 Å². The second-order valence-corrected chi connectivity index (χ2v) is 4.15. The monoisotopic (exact) mass is 238 g/mol. The van der Waals surface area contributed by atoms with Crippen LogP contribution in [-0.2, 0) is 11.3 Å². The Hall–Kier alpha value is -1.62. The minimum absolute atomic E-state index is 0.147. The number of rotatable bonds is 1. The first kappa shape index (κ1) is 11.9. The molecule has 0 saturated carbocycles. The zero-order valence-electron chi connectivity index (χ0n) is 9.65. The van der Waals surface area contributed by atoms with Gasteiger partial charge in [-0.15, -0.1) is 0 Å². The SMILES string of the molecule is CC(N)C(=O)N1CCOc2ccc(F)cc2C1. The second-order valence-electron chi connectivity index (χ2n) is 4.15. The predicted molar refractivity (Wildman–Crippen MR) is 61.0 cm³/mol. The van der Waals surface area contributed by atoms with E-state index in [0.29, 0.717) is 31.0 Å². The van der Waals surface area contributed by atoms with Crippen LogP contribution in [0.2, 0.25) is 0 Å². The van der Waals surface area contributed by atoms with Crippen molar-refractivity contribution in [3.63, 3.8) is 0 Å². The van der Waals surface area contributed by atoms with Crippen molar-refractivity contribution in [1.29, 1.82) is 0 Å². The Balaban J connectivity index is 2.24. The number of carbonyl (C=O) groups is 1. The van der Waals surface area contributed by atoms with E-state index in [-0.39, 0.29) is 11.7 Å². The van der Waals surface area contributed by atoms with Crippen molar-refractivity contribution in [3.8, 4) is 5.75 Å². The maximum absolute atomic E-state index is 13.1. The van der Waals surface area contributed by atoms with Crippen molar-refractivity contribution in [2.75, 3.05) is 13.2 Å². The summed E-state index contributed by atoms with van der Waals surface area (Å²) in [6.07, 6.45) is 0. The van der Waals surface area contributed by atoms with Crippen LogP contribution < -0.4 is 10.5 Å². The van der Waals surface area contributed by atoms with Gasteiger partial charge in [-0.1, -0.05) is 0 Å². The summed E-state index contributed by atoms with van der Waals surface area (Å²) in [5, 5.41) is 0. The fourth-order valence-corrected chi connectivity index (χ4v) is 1.84. The topological polar surface area (TPSA) is 55.6 Å². The third-order valence-electron chi connectivity index (χ3n) is 2.70. The van der Waals surface area contributed by atoms with Gasteiger partial charge in [0.2, 0.25) is 5.91 Å². The molecule has 0 spiro atoms. The summed E-state index contributed by atoms with van der Waals surface area (Å²) in [5.74, 6) is 0.152. The van der Waals surface area contributed by atoms with E-state index < -0.39 is 6.04 Å². The molecule has 4 nitrogen and oxygen atoms in total. The lowest BCUT2D eigenvalue weighted by atomic mass is 10.1. The molecule has 5 heteroatoms. The van der Waals surface area contributed by atoms with E-state index in [1.54, 1.807) is 17.9 Å². The molecule has 1 aliphatic heterocycles. The highest BCUT2D eigenvalue weighted by atomic mass is 19.1. The molecule has 1 heterocycles. The highest BCUT2D eigenvalue weighted by molar-refractivity contribution is 5.81. The van der Waals surface area contributed by atoms with E-state index in [1.807, 2.05) is 0 Å². The summed E-state index contributed by atoms with van der Waals surface area (Å²) >= 11 is 0. The molecule has 2 N–H and O–H groups in total. The molecular formula is C12H15FN2O2. The van der Waals surface area contributed by atoms with Gasteiger partial charge in [0.15, 0.2) is 0 Å². The van der Waals surface area contributed by atoms with Crippen molar-refractivity contribution < 1.29 is 13.9 Å². The van der Waals surface area contributed by atoms with E-state index in [4.69, 9.17) is 10.5 Å². The normalized spacial score (nSPS) is 16.8. The standard InChI is InChI=1S/C12H15FN2O2/c1-8(14)12(16)15-4-5-17-11-3-2-10(13)6-9(11)7-15/h2-3,6,8H,4-5,7,14H2,1H3. The number of nitrogens with zero attached hydrogens (tertiary/aromatic N) is 1. The molecule has 0 aromatic heterocycles. The Morgan fingerprint density at radius 2 is 2.35 bits per heavy atom. The third-order valence-corrected chi connectivity index (χ3v) is 2.70. The zero-order chi connectivity index (χ0) is 12.4. The van der Waals surface area contributed by atoms with Crippen LogP contribution in [0.3, 0.4) is 0 Å². The number of benzene rings is 1. The Morgan fingerprint density at radius 1 is 1.59 bits per heavy atom. The van der Waals surface area contributed by atoms with Crippen LogP contribution in [0.15, 0.2) is 18.2 Å². The van der Waals surface area contributed by atoms with Gasteiger partial charge in [-0.3, -0.25) is 4.79 Å². The highest BCUT2D eigenvalue weighted by Crippen LogP contribution is 2.24. The lowest BCUT2D eigenvalue weighted by Gasteiger charge is -2.21. The number of halogens is 1. The van der Waals surface area contributed by atoms with Crippen LogP contribution in [0.5, 0.6) is 5.75 Å². The number of hydrogen-bond acceptors (Lipinski definition) is 3. The Labute approximate surface area is 99.2 Å². The van der Waals surface area contributed by atoms with E-state index in [9.17, 15) is 9.18 Å². The summed E-state index contributed by atoms with van der Waals surface area (Å²) < 4.78 is 18.6. The van der Waals surface area contributed by atoms with Gasteiger partial charge in [-0.25, -0.2) is 4.39 Å². The first-order valence-corrected chi connectivity index (χ1v) is 5.53. The lowest BCUT2D eigenvalue weighted by Crippen LogP contribution is -2.42. The van der Waals surface area contributed by atoms with E-state index in [2.05, 4.69) is 0 Å². The van der Waals surface area contributed by atoms with Gasteiger partial charge in [-0.05, 0) is 25.1 Å². The highest BCUT2D eigenvalue weighted by Gasteiger charge is 2.22. The predicted octanol–water partition coefficient (Wildman–Crippen LogP) is 0.894. The molecule has 1 amide bonds. The molecule has 1 atom stereocenters. The summed E-state index contributed by atoms with van der Waals surface area (Å²) in [7, 11) is 0. The Kier molecular flexibility index (Phi) is 3.28. The van der Waals surface area contributed by atoms with E-state index >= 15 is 0 Å². The van der Waals surface area contributed by atoms with E-state index in [0.717, 1.165) is 0 Å². The van der Waals surface area contributed by atoms with Gasteiger partial charge in [0.1, 0.15) is 18.2 Å². The van der Waals surface area contributed by atoms with Gasteiger partial charge in [0.05, 0.1) is 12.6 Å². The molecule has 0 saturated heterocycles. The number of hydrogen-bond donors (Lipinski definition) is 1. The first-order chi connectivity index (χ1) is 8.08. The van der Waals surface area contributed by atoms with Gasteiger partial charge >= 0.3 is 0 Å². The van der Waals surface area contributed by atoms with Crippen LogP contribution in [0.4, 0.5) is 4.39 Å². The molecule has 1 aromatic carbocycles. The molecular weight excluding hydrogens is 223 g/mol. The molecule has 0 radical (unpaired) electrons. The minimum atomic E-state index is -0.551. The summed E-state index contributed by atoms with van der Waals surface area (Å²) in [6, 6.07) is 3.78. The first-order valence-electron chi connectivity index (χ1n) is 5.53. The van der Waals surface area contributed by atoms with Crippen molar-refractivity contribution in [3.05, 3.63) is 29.6 Å². The molecule has 92 valence electrons. The van der Waals surface area contributed by atoms with Crippen molar-refractivity contribution >= 4 is 5.91 Å². The maximum Gasteiger partial charge on any atom is 0.239 e. The van der Waals surface area contributed by atoms with Crippen LogP contribution >= 0.6 is 0 Å². The fourth-order valence-electron chi connectivity index (χ4n) is 1.84. The van der Waals surface area contributed by atoms with Crippen LogP contribution in [0.1, 0.15) is 12.5 Å². The van der Waals surface area contributed by atoms with Gasteiger partial charge in [0.25, 0.3) is 0 Å². The number of amides is 1. The lowest BCUT2D eigenvalue weighted by molar-refractivity contribution is -0.132. The molecule has 2 rings (SSSR count). The molecule has 1 unspecified atom stereocenters. The molecule has 0 bridgehead atoms. The molecule has 0 aliphatic carbocycles. The summed E-state index contributed by atoms with van der Waals surface area (Å²) in [4.78, 5) is 13.4. The quantitative estimate of drug-likeness (QED) is 0.790. The smallest absolute Gasteiger partial charge is 0.239 e. The molecule has 1 aromatic rings. The fraction of sp³-hybridized carbons (Fsp3) is 0.417. The average molecular weight is 238 g/mol. The number of carbonyl (C=O) groups excluding carboxylic acids is 1. The average Bonchev–Trinajstić information content (AvgIpc) is 2.49. The summed E-state index contributed by atoms with van der Waals surface area (Å²) in [6.45, 7) is 2.85. The number of fused-ring (bicyclic) bond motifs is 1. The van der Waals surface area contributed by atoms with Crippen LogP contribution in [0, 0.1) is 5.82 Å². The third kappa shape index (κ3) is 2.55. The van der Waals surface area contributed by atoms with Gasteiger partial charge in [-0.2, -0.15) is 0 Å². The second kappa shape index (κ2) is 4.71. The van der Waals surface area contributed by atoms with E-state index in [1.165, 1.54) is 12.1 Å². The number of ether oxygens (including phenoxy) is 1. The largest absolute Gasteiger partial charge is 0.491 e. The van der Waals surface area contributed by atoms with Gasteiger partial charge < -0.3 is 15.4 Å². The Bertz CT molecular complexity index is 435. The number of nitrogens with two attached hydrogens (primary N) is 1. The summed E-state index contributed by atoms with van der Waals surface area (Å²) in [5.41, 5.74) is 6.24. The molecule has 0 fully saturated rings. The Morgan fingerprint density at radius 3 is 3.06 bits per heavy atom. The molecule has 17 heavy (non-hydrogen) atoms. The molecule has 1 aliphatic rings. The van der Waals surface area contributed by atoms with Crippen LogP contribution in [0.25, 0.3) is 0 Å². The van der Waals surface area contributed by atoms with Crippen molar-refractivity contribution in [2.24, 2.45) is 5.73 Å².